The van der Waals surface area contributed by atoms with Crippen molar-refractivity contribution in [3.63, 3.8) is 0 Å². The van der Waals surface area contributed by atoms with Gasteiger partial charge in [-0.05, 0) is 25.5 Å². The van der Waals surface area contributed by atoms with Gasteiger partial charge in [0.1, 0.15) is 0 Å². The molecule has 2 aliphatic rings. The summed E-state index contributed by atoms with van der Waals surface area (Å²) in [6.07, 6.45) is 6.67. The molecule has 3 heterocycles. The SMILES string of the molecule is CC(=O)N[C@H]1CCN(c2c(C(C)N3C=CCN3N)cc(Cl)c3cn[nH]c23)C1. The lowest BCUT2D eigenvalue weighted by Crippen LogP contribution is -2.42. The maximum absolute atomic E-state index is 11.4. The molecule has 2 aromatic rings. The van der Waals surface area contributed by atoms with Crippen LogP contribution in [0.5, 0.6) is 0 Å². The number of halogens is 1. The largest absolute Gasteiger partial charge is 0.367 e. The number of carbonyl (C=O) groups excluding carboxylic acids is 1. The second-order valence-electron chi connectivity index (χ2n) is 7.15. The second kappa shape index (κ2) is 7.03. The zero-order valence-corrected chi connectivity index (χ0v) is 16.2. The molecular weight excluding hydrogens is 366 g/mol. The predicted molar refractivity (Wildman–Crippen MR) is 106 cm³/mol. The van der Waals surface area contributed by atoms with E-state index in [4.69, 9.17) is 17.4 Å². The maximum Gasteiger partial charge on any atom is 0.217 e. The van der Waals surface area contributed by atoms with E-state index in [9.17, 15) is 4.79 Å². The molecule has 1 aromatic carbocycles. The summed E-state index contributed by atoms with van der Waals surface area (Å²) in [5, 5.41) is 15.6. The molecule has 4 rings (SSSR count). The lowest BCUT2D eigenvalue weighted by molar-refractivity contribution is -0.119. The van der Waals surface area contributed by atoms with Gasteiger partial charge in [-0.25, -0.2) is 0 Å². The van der Waals surface area contributed by atoms with Gasteiger partial charge in [-0.2, -0.15) is 10.2 Å². The van der Waals surface area contributed by atoms with Gasteiger partial charge in [0.15, 0.2) is 0 Å². The van der Waals surface area contributed by atoms with Gasteiger partial charge >= 0.3 is 0 Å². The highest BCUT2D eigenvalue weighted by Gasteiger charge is 2.31. The third kappa shape index (κ3) is 3.24. The molecule has 1 fully saturated rings. The van der Waals surface area contributed by atoms with Crippen LogP contribution in [-0.4, -0.2) is 51.9 Å². The van der Waals surface area contributed by atoms with E-state index in [1.54, 1.807) is 18.2 Å². The number of fused-ring (bicyclic) bond motifs is 1. The number of nitrogens with two attached hydrogens (primary N) is 1. The van der Waals surface area contributed by atoms with E-state index in [0.29, 0.717) is 11.6 Å². The zero-order chi connectivity index (χ0) is 19.1. The molecule has 0 saturated carbocycles. The highest BCUT2D eigenvalue weighted by Crippen LogP contribution is 2.41. The number of H-pyrrole nitrogens is 1. The van der Waals surface area contributed by atoms with Crippen molar-refractivity contribution < 1.29 is 4.79 Å². The molecule has 1 amide bonds. The van der Waals surface area contributed by atoms with E-state index >= 15 is 0 Å². The molecule has 9 heteroatoms. The lowest BCUT2D eigenvalue weighted by Gasteiger charge is -2.34. The van der Waals surface area contributed by atoms with Crippen molar-refractivity contribution in [1.82, 2.24) is 25.6 Å². The monoisotopic (exact) mass is 389 g/mol. The number of anilines is 1. The average molecular weight is 390 g/mol. The Kier molecular flexibility index (Phi) is 4.71. The number of rotatable bonds is 4. The molecule has 4 N–H and O–H groups in total. The highest BCUT2D eigenvalue weighted by atomic mass is 35.5. The number of aromatic nitrogens is 2. The Morgan fingerprint density at radius 1 is 1.52 bits per heavy atom. The van der Waals surface area contributed by atoms with Crippen LogP contribution in [0.3, 0.4) is 0 Å². The minimum absolute atomic E-state index is 0.000729. The first-order valence-corrected chi connectivity index (χ1v) is 9.48. The molecule has 0 aliphatic carbocycles. The van der Waals surface area contributed by atoms with Gasteiger partial charge in [0.2, 0.25) is 5.91 Å². The van der Waals surface area contributed by atoms with Crippen molar-refractivity contribution in [2.24, 2.45) is 5.84 Å². The van der Waals surface area contributed by atoms with Gasteiger partial charge < -0.3 is 10.2 Å². The lowest BCUT2D eigenvalue weighted by atomic mass is 10.0. The Balaban J connectivity index is 1.76. The van der Waals surface area contributed by atoms with Crippen molar-refractivity contribution in [3.8, 4) is 0 Å². The first-order valence-electron chi connectivity index (χ1n) is 9.10. The maximum atomic E-state index is 11.4. The summed E-state index contributed by atoms with van der Waals surface area (Å²) in [6.45, 7) is 5.93. The van der Waals surface area contributed by atoms with E-state index in [-0.39, 0.29) is 18.0 Å². The molecule has 0 bridgehead atoms. The van der Waals surface area contributed by atoms with Gasteiger partial charge in [0.25, 0.3) is 0 Å². The molecule has 1 aromatic heterocycles. The smallest absolute Gasteiger partial charge is 0.217 e. The number of hydrazine groups is 2. The van der Waals surface area contributed by atoms with Crippen LogP contribution in [-0.2, 0) is 4.79 Å². The first-order chi connectivity index (χ1) is 13.0. The number of aromatic amines is 1. The summed E-state index contributed by atoms with van der Waals surface area (Å²) < 4.78 is 0. The van der Waals surface area contributed by atoms with Gasteiger partial charge in [0, 0.05) is 43.2 Å². The molecule has 0 radical (unpaired) electrons. The van der Waals surface area contributed by atoms with Gasteiger partial charge in [-0.15, -0.1) is 0 Å². The number of nitrogens with one attached hydrogen (secondary N) is 2. The van der Waals surface area contributed by atoms with E-state index in [2.05, 4.69) is 27.3 Å². The third-order valence-corrected chi connectivity index (χ3v) is 5.61. The average Bonchev–Trinajstić information content (AvgIpc) is 3.34. The summed E-state index contributed by atoms with van der Waals surface area (Å²) in [4.78, 5) is 13.7. The van der Waals surface area contributed by atoms with Gasteiger partial charge in [0.05, 0.1) is 35.0 Å². The van der Waals surface area contributed by atoms with Gasteiger partial charge in [-0.3, -0.25) is 20.7 Å². The molecule has 8 nitrogen and oxygen atoms in total. The fraction of sp³-hybridized carbons (Fsp3) is 0.444. The second-order valence-corrected chi connectivity index (χ2v) is 7.56. The fourth-order valence-electron chi connectivity index (χ4n) is 4.04. The summed E-state index contributed by atoms with van der Waals surface area (Å²) in [6, 6.07) is 2.14. The van der Waals surface area contributed by atoms with Crippen LogP contribution in [0.4, 0.5) is 5.69 Å². The fourth-order valence-corrected chi connectivity index (χ4v) is 4.30. The quantitative estimate of drug-likeness (QED) is 0.692. The Labute approximate surface area is 162 Å². The van der Waals surface area contributed by atoms with Crippen LogP contribution >= 0.6 is 11.6 Å². The summed E-state index contributed by atoms with van der Waals surface area (Å²) >= 11 is 6.55. The molecule has 0 spiro atoms. The van der Waals surface area contributed by atoms with Crippen molar-refractivity contribution in [3.05, 3.63) is 35.1 Å². The molecule has 1 unspecified atom stereocenters. The Bertz CT molecular complexity index is 895. The van der Waals surface area contributed by atoms with E-state index in [0.717, 1.165) is 41.7 Å². The molecule has 1 saturated heterocycles. The van der Waals surface area contributed by atoms with Crippen molar-refractivity contribution in [2.45, 2.75) is 32.4 Å². The van der Waals surface area contributed by atoms with Crippen LogP contribution in [0.15, 0.2) is 24.5 Å². The summed E-state index contributed by atoms with van der Waals surface area (Å²) in [7, 11) is 0. The first kappa shape index (κ1) is 18.1. The Morgan fingerprint density at radius 3 is 3.04 bits per heavy atom. The van der Waals surface area contributed by atoms with Crippen LogP contribution in [0.1, 0.15) is 31.9 Å². The standard InChI is InChI=1S/C18H24ClN7O/c1-11(25-5-3-6-26(25)20)14-8-16(19)15-9-21-23-17(15)18(14)24-7-4-13(10-24)22-12(2)27/h3,5,8-9,11,13H,4,6-7,10,20H2,1-2H3,(H,21,23)(H,22,27)/t11?,13-/m0/s1. The van der Waals surface area contributed by atoms with Crippen molar-refractivity contribution in [2.75, 3.05) is 24.5 Å². The van der Waals surface area contributed by atoms with Crippen LogP contribution in [0.25, 0.3) is 10.9 Å². The minimum Gasteiger partial charge on any atom is -0.367 e. The number of nitrogens with zero attached hydrogens (tertiary/aromatic N) is 4. The Hall–Kier alpha value is -2.29. The molecule has 144 valence electrons. The third-order valence-electron chi connectivity index (χ3n) is 5.30. The number of benzene rings is 1. The van der Waals surface area contributed by atoms with Crippen molar-refractivity contribution in [1.29, 1.82) is 0 Å². The Morgan fingerprint density at radius 2 is 2.33 bits per heavy atom. The van der Waals surface area contributed by atoms with E-state index in [1.807, 2.05) is 23.4 Å². The van der Waals surface area contributed by atoms with E-state index in [1.165, 1.54) is 0 Å². The summed E-state index contributed by atoms with van der Waals surface area (Å²) in [5.41, 5.74) is 3.06. The van der Waals surface area contributed by atoms with Crippen LogP contribution in [0.2, 0.25) is 5.02 Å². The zero-order valence-electron chi connectivity index (χ0n) is 15.4. The normalized spacial score (nSPS) is 21.4. The predicted octanol–water partition coefficient (Wildman–Crippen LogP) is 1.91. The van der Waals surface area contributed by atoms with Crippen LogP contribution in [0, 0.1) is 0 Å². The van der Waals surface area contributed by atoms with Crippen molar-refractivity contribution >= 4 is 34.1 Å². The van der Waals surface area contributed by atoms with E-state index < -0.39 is 0 Å². The van der Waals surface area contributed by atoms with Crippen LogP contribution < -0.4 is 16.1 Å². The topological polar surface area (TPSA) is 93.5 Å². The molecule has 2 atom stereocenters. The number of amides is 1. The highest BCUT2D eigenvalue weighted by molar-refractivity contribution is 6.36. The number of hydrogen-bond acceptors (Lipinski definition) is 6. The summed E-state index contributed by atoms with van der Waals surface area (Å²) in [5.74, 6) is 6.11. The van der Waals surface area contributed by atoms with Gasteiger partial charge in [-0.1, -0.05) is 11.6 Å². The molecule has 2 aliphatic heterocycles. The molecule has 27 heavy (non-hydrogen) atoms. The number of hydrogen-bond donors (Lipinski definition) is 3. The molecular formula is C18H24ClN7O. The number of carbonyl (C=O) groups is 1. The minimum atomic E-state index is -0.00577.